The summed E-state index contributed by atoms with van der Waals surface area (Å²) < 4.78 is 37.0. The van der Waals surface area contributed by atoms with Crippen molar-refractivity contribution < 1.29 is 18.0 Å². The van der Waals surface area contributed by atoms with E-state index in [4.69, 9.17) is 11.6 Å². The van der Waals surface area contributed by atoms with Gasteiger partial charge in [0.05, 0.1) is 11.1 Å². The van der Waals surface area contributed by atoms with Crippen molar-refractivity contribution in [2.24, 2.45) is 0 Å². The Bertz CT molecular complexity index is 394. The lowest BCUT2D eigenvalue weighted by molar-refractivity contribution is -0.137. The first-order chi connectivity index (χ1) is 6.73. The van der Waals surface area contributed by atoms with Crippen molar-refractivity contribution in [3.63, 3.8) is 0 Å². The summed E-state index contributed by atoms with van der Waals surface area (Å²) in [6.45, 7) is 0. The molecule has 1 aromatic carbocycles. The zero-order valence-corrected chi connectivity index (χ0v) is 10.8. The largest absolute Gasteiger partial charge is 0.416 e. The molecule has 0 saturated heterocycles. The Labute approximate surface area is 105 Å². The maximum Gasteiger partial charge on any atom is 0.416 e. The molecule has 0 N–H and O–H groups in total. The number of hydrogen-bond donors (Lipinski definition) is 0. The normalized spacial score (nSPS) is 11.6. The van der Waals surface area contributed by atoms with Gasteiger partial charge in [-0.15, -0.1) is 0 Å². The summed E-state index contributed by atoms with van der Waals surface area (Å²) in [6.07, 6.45) is -4.46. The van der Waals surface area contributed by atoms with Gasteiger partial charge >= 0.3 is 6.18 Å². The molecule has 0 atom stereocenters. The van der Waals surface area contributed by atoms with Gasteiger partial charge in [0.25, 0.3) is 5.24 Å². The van der Waals surface area contributed by atoms with Crippen molar-refractivity contribution in [3.8, 4) is 0 Å². The van der Waals surface area contributed by atoms with E-state index in [9.17, 15) is 18.0 Å². The lowest BCUT2D eigenvalue weighted by Crippen LogP contribution is -2.06. The molecule has 0 bridgehead atoms. The van der Waals surface area contributed by atoms with Crippen molar-refractivity contribution in [2.45, 2.75) is 6.18 Å². The topological polar surface area (TPSA) is 17.1 Å². The van der Waals surface area contributed by atoms with Crippen LogP contribution in [0.3, 0.4) is 0 Å². The highest BCUT2D eigenvalue weighted by atomic mass is 79.9. The molecule has 0 radical (unpaired) electrons. The van der Waals surface area contributed by atoms with Crippen LogP contribution in [-0.2, 0) is 6.18 Å². The fourth-order valence-electron chi connectivity index (χ4n) is 0.925. The summed E-state index contributed by atoms with van der Waals surface area (Å²) in [6, 6.07) is 1.61. The van der Waals surface area contributed by atoms with Crippen LogP contribution in [0.5, 0.6) is 0 Å². The van der Waals surface area contributed by atoms with E-state index in [1.807, 2.05) is 0 Å². The van der Waals surface area contributed by atoms with Gasteiger partial charge in [-0.2, -0.15) is 13.2 Å². The zero-order chi connectivity index (χ0) is 11.8. The average Bonchev–Trinajstić information content (AvgIpc) is 1.99. The van der Waals surface area contributed by atoms with Crippen molar-refractivity contribution in [1.82, 2.24) is 0 Å². The SMILES string of the molecule is O=C(Cl)c1c(Br)cc(C(F)(F)F)cc1Br. The van der Waals surface area contributed by atoms with Gasteiger partial charge in [-0.05, 0) is 55.6 Å². The highest BCUT2D eigenvalue weighted by molar-refractivity contribution is 9.11. The second kappa shape index (κ2) is 4.43. The van der Waals surface area contributed by atoms with Gasteiger partial charge in [-0.1, -0.05) is 0 Å². The fraction of sp³-hybridized carbons (Fsp3) is 0.125. The van der Waals surface area contributed by atoms with Gasteiger partial charge in [0.15, 0.2) is 0 Å². The lowest BCUT2D eigenvalue weighted by atomic mass is 10.1. The Kier molecular flexibility index (Phi) is 3.84. The summed E-state index contributed by atoms with van der Waals surface area (Å²) in [5.41, 5.74) is -0.882. The molecule has 0 amide bonds. The number of halogens is 6. The molecule has 1 aromatic rings. The van der Waals surface area contributed by atoms with Crippen LogP contribution in [0.15, 0.2) is 21.1 Å². The van der Waals surface area contributed by atoms with Crippen LogP contribution in [0.4, 0.5) is 13.2 Å². The van der Waals surface area contributed by atoms with Gasteiger partial charge in [-0.3, -0.25) is 4.79 Å². The lowest BCUT2D eigenvalue weighted by Gasteiger charge is -2.10. The molecule has 0 aliphatic heterocycles. The minimum absolute atomic E-state index is 0.00389. The van der Waals surface area contributed by atoms with Gasteiger partial charge in [0.1, 0.15) is 0 Å². The quantitative estimate of drug-likeness (QED) is 0.664. The number of carbonyl (C=O) groups excluding carboxylic acids is 1. The molecule has 0 heterocycles. The molecule has 0 fully saturated rings. The highest BCUT2D eigenvalue weighted by Gasteiger charge is 2.32. The van der Waals surface area contributed by atoms with Gasteiger partial charge < -0.3 is 0 Å². The Morgan fingerprint density at radius 3 is 1.87 bits per heavy atom. The maximum absolute atomic E-state index is 12.3. The van der Waals surface area contributed by atoms with Crippen LogP contribution in [0.1, 0.15) is 15.9 Å². The predicted molar refractivity (Wildman–Crippen MR) is 57.0 cm³/mol. The number of carbonyl (C=O) groups is 1. The minimum atomic E-state index is -4.46. The van der Waals surface area contributed by atoms with Crippen LogP contribution in [-0.4, -0.2) is 5.24 Å². The maximum atomic E-state index is 12.3. The molecule has 1 rings (SSSR count). The summed E-state index contributed by atoms with van der Waals surface area (Å²) in [7, 11) is 0. The molecular weight excluding hydrogens is 364 g/mol. The molecule has 82 valence electrons. The van der Waals surface area contributed by atoms with Gasteiger partial charge in [0, 0.05) is 8.95 Å². The second-order valence-electron chi connectivity index (χ2n) is 2.59. The van der Waals surface area contributed by atoms with E-state index in [1.54, 1.807) is 0 Å². The molecule has 15 heavy (non-hydrogen) atoms. The van der Waals surface area contributed by atoms with E-state index in [1.165, 1.54) is 0 Å². The first-order valence-electron chi connectivity index (χ1n) is 3.49. The molecule has 0 aromatic heterocycles. The molecule has 0 aliphatic carbocycles. The zero-order valence-electron chi connectivity index (χ0n) is 6.83. The molecule has 0 spiro atoms. The summed E-state index contributed by atoms with van der Waals surface area (Å²) in [5.74, 6) is 0. The molecule has 0 saturated carbocycles. The van der Waals surface area contributed by atoms with Crippen molar-refractivity contribution in [1.29, 1.82) is 0 Å². The van der Waals surface area contributed by atoms with E-state index in [-0.39, 0.29) is 14.5 Å². The van der Waals surface area contributed by atoms with Crippen LogP contribution in [0, 0.1) is 0 Å². The Morgan fingerprint density at radius 2 is 1.60 bits per heavy atom. The van der Waals surface area contributed by atoms with Crippen LogP contribution in [0.2, 0.25) is 0 Å². The highest BCUT2D eigenvalue weighted by Crippen LogP contribution is 2.36. The number of alkyl halides is 3. The van der Waals surface area contributed by atoms with Crippen molar-refractivity contribution >= 4 is 48.7 Å². The standard InChI is InChI=1S/C8H2Br2ClF3O/c9-4-1-3(8(12,13)14)2-5(10)6(4)7(11)15/h1-2H. The van der Waals surface area contributed by atoms with Crippen molar-refractivity contribution in [2.75, 3.05) is 0 Å². The number of rotatable bonds is 1. The van der Waals surface area contributed by atoms with Crippen LogP contribution < -0.4 is 0 Å². The van der Waals surface area contributed by atoms with E-state index in [0.29, 0.717) is 0 Å². The number of benzene rings is 1. The van der Waals surface area contributed by atoms with E-state index >= 15 is 0 Å². The average molecular weight is 366 g/mol. The summed E-state index contributed by atoms with van der Waals surface area (Å²) >= 11 is 10.9. The first kappa shape index (κ1) is 13.0. The molecule has 1 nitrogen and oxygen atoms in total. The Balaban J connectivity index is 3.39. The Hall–Kier alpha value is -0.0700. The van der Waals surface area contributed by atoms with Gasteiger partial charge in [0.2, 0.25) is 0 Å². The van der Waals surface area contributed by atoms with E-state index in [0.717, 1.165) is 12.1 Å². The van der Waals surface area contributed by atoms with E-state index in [2.05, 4.69) is 31.9 Å². The molecule has 0 unspecified atom stereocenters. The monoisotopic (exact) mass is 364 g/mol. The van der Waals surface area contributed by atoms with Gasteiger partial charge in [-0.25, -0.2) is 0 Å². The van der Waals surface area contributed by atoms with Crippen molar-refractivity contribution in [3.05, 3.63) is 32.2 Å². The second-order valence-corrected chi connectivity index (χ2v) is 4.64. The first-order valence-corrected chi connectivity index (χ1v) is 5.46. The Morgan fingerprint density at radius 1 is 1.20 bits per heavy atom. The van der Waals surface area contributed by atoms with Crippen LogP contribution in [0.25, 0.3) is 0 Å². The van der Waals surface area contributed by atoms with Crippen LogP contribution >= 0.6 is 43.5 Å². The third-order valence-corrected chi connectivity index (χ3v) is 3.01. The van der Waals surface area contributed by atoms with E-state index < -0.39 is 17.0 Å². The predicted octanol–water partition coefficient (Wildman–Crippen LogP) is 4.61. The smallest absolute Gasteiger partial charge is 0.276 e. The summed E-state index contributed by atoms with van der Waals surface area (Å²) in [4.78, 5) is 10.9. The molecular formula is C8H2Br2ClF3O. The summed E-state index contributed by atoms with van der Waals surface area (Å²) in [5, 5.41) is -0.831. The fourth-order valence-corrected chi connectivity index (χ4v) is 2.90. The molecule has 7 heteroatoms. The third-order valence-electron chi connectivity index (χ3n) is 1.57. The minimum Gasteiger partial charge on any atom is -0.276 e. The third kappa shape index (κ3) is 2.95. The molecule has 0 aliphatic rings. The number of hydrogen-bond acceptors (Lipinski definition) is 1.